The highest BCUT2D eigenvalue weighted by atomic mass is 32.2. The Morgan fingerprint density at radius 2 is 1.63 bits per heavy atom. The monoisotopic (exact) mass is 577 g/mol. The van der Waals surface area contributed by atoms with E-state index in [0.29, 0.717) is 24.4 Å². The summed E-state index contributed by atoms with van der Waals surface area (Å²) < 4.78 is 39.4. The molecule has 1 aliphatic heterocycles. The van der Waals surface area contributed by atoms with Gasteiger partial charge in [-0.2, -0.15) is 18.2 Å². The van der Waals surface area contributed by atoms with Crippen molar-refractivity contribution in [3.05, 3.63) is 94.8 Å². The minimum Gasteiger partial charge on any atom is -0.319 e. The van der Waals surface area contributed by atoms with E-state index >= 15 is 0 Å². The van der Waals surface area contributed by atoms with Crippen LogP contribution in [0.2, 0.25) is 0 Å². The summed E-state index contributed by atoms with van der Waals surface area (Å²) in [5.41, 5.74) is 7.34. The predicted octanol–water partition coefficient (Wildman–Crippen LogP) is 7.03. The lowest BCUT2D eigenvalue weighted by Crippen LogP contribution is -2.26. The Morgan fingerprint density at radius 3 is 2.29 bits per heavy atom. The van der Waals surface area contributed by atoms with E-state index in [9.17, 15) is 18.0 Å². The molecule has 0 radical (unpaired) electrons. The number of benzene rings is 3. The van der Waals surface area contributed by atoms with Crippen molar-refractivity contribution in [2.45, 2.75) is 46.2 Å². The van der Waals surface area contributed by atoms with Crippen molar-refractivity contribution in [2.75, 3.05) is 17.2 Å². The van der Waals surface area contributed by atoms with Gasteiger partial charge in [-0.15, -0.1) is 5.10 Å². The molecule has 41 heavy (non-hydrogen) atoms. The zero-order valence-corrected chi connectivity index (χ0v) is 23.9. The Hall–Kier alpha value is -3.92. The van der Waals surface area contributed by atoms with Crippen LogP contribution < -0.4 is 4.90 Å². The van der Waals surface area contributed by atoms with Crippen LogP contribution in [0.25, 0.3) is 17.1 Å². The van der Waals surface area contributed by atoms with Crippen LogP contribution in [-0.4, -0.2) is 44.3 Å². The smallest absolute Gasteiger partial charge is 0.319 e. The molecule has 10 heteroatoms. The third kappa shape index (κ3) is 7.05. The highest BCUT2D eigenvalue weighted by Crippen LogP contribution is 2.32. The average Bonchev–Trinajstić information content (AvgIpc) is 3.57. The summed E-state index contributed by atoms with van der Waals surface area (Å²) in [5, 5.41) is 5.23. The van der Waals surface area contributed by atoms with Gasteiger partial charge in [0.05, 0.1) is 12.1 Å². The van der Waals surface area contributed by atoms with Crippen molar-refractivity contribution in [2.24, 2.45) is 4.99 Å². The van der Waals surface area contributed by atoms with Gasteiger partial charge in [0, 0.05) is 30.0 Å². The maximum atomic E-state index is 12.8. The fraction of sp³-hybridized carbons (Fsp3) is 0.290. The van der Waals surface area contributed by atoms with E-state index in [1.807, 2.05) is 24.3 Å². The van der Waals surface area contributed by atoms with E-state index in [-0.39, 0.29) is 11.5 Å². The summed E-state index contributed by atoms with van der Waals surface area (Å²) in [6.07, 6.45) is -2.81. The van der Waals surface area contributed by atoms with Crippen LogP contribution in [0, 0.1) is 20.8 Å². The van der Waals surface area contributed by atoms with Crippen LogP contribution in [0.15, 0.2) is 72.0 Å². The molecule has 1 aliphatic rings. The predicted molar refractivity (Wildman–Crippen MR) is 158 cm³/mol. The SMILES string of the molecule is Cc1cc(C)c(N2CCSC2=NC(=O)CCc2ccc(-c3ncn(-c4ccc(CC(F)(F)F)cc4)n3)cc2)c(C)c1. The second-order valence-electron chi connectivity index (χ2n) is 10.2. The normalized spacial score (nSPS) is 14.7. The number of alkyl halides is 3. The molecule has 0 aliphatic carbocycles. The summed E-state index contributed by atoms with van der Waals surface area (Å²) in [6.45, 7) is 7.11. The van der Waals surface area contributed by atoms with E-state index in [1.54, 1.807) is 23.9 Å². The van der Waals surface area contributed by atoms with Crippen LogP contribution in [0.5, 0.6) is 0 Å². The quantitative estimate of drug-likeness (QED) is 0.236. The van der Waals surface area contributed by atoms with Gasteiger partial charge >= 0.3 is 6.18 Å². The molecule has 0 spiro atoms. The molecule has 0 saturated carbocycles. The van der Waals surface area contributed by atoms with Gasteiger partial charge in [0.2, 0.25) is 5.91 Å². The van der Waals surface area contributed by atoms with Crippen molar-refractivity contribution in [1.82, 2.24) is 14.8 Å². The van der Waals surface area contributed by atoms with Crippen LogP contribution in [0.1, 0.15) is 34.2 Å². The van der Waals surface area contributed by atoms with Gasteiger partial charge in [0.25, 0.3) is 0 Å². The Bertz CT molecular complexity index is 1550. The summed E-state index contributed by atoms with van der Waals surface area (Å²) >= 11 is 1.61. The van der Waals surface area contributed by atoms with Gasteiger partial charge in [-0.1, -0.05) is 65.9 Å². The van der Waals surface area contributed by atoms with Crippen LogP contribution in [-0.2, 0) is 17.6 Å². The van der Waals surface area contributed by atoms with Gasteiger partial charge < -0.3 is 4.90 Å². The molecule has 3 aromatic carbocycles. The molecular formula is C31H30F3N5OS. The average molecular weight is 578 g/mol. The van der Waals surface area contributed by atoms with E-state index in [4.69, 9.17) is 0 Å². The lowest BCUT2D eigenvalue weighted by molar-refractivity contribution is -0.127. The van der Waals surface area contributed by atoms with Gasteiger partial charge in [-0.3, -0.25) is 4.79 Å². The number of halogens is 3. The summed E-state index contributed by atoms with van der Waals surface area (Å²) in [5.74, 6) is 1.25. The number of nitrogens with zero attached hydrogens (tertiary/aromatic N) is 5. The topological polar surface area (TPSA) is 63.4 Å². The first-order chi connectivity index (χ1) is 19.6. The van der Waals surface area contributed by atoms with Crippen LogP contribution in [0.4, 0.5) is 18.9 Å². The standard InChI is InChI=1S/C31H30F3N5OS/c1-20-16-21(2)28(22(3)17-20)38-14-15-41-30(38)36-27(40)13-8-23-4-9-25(10-5-23)29-35-19-39(37-29)26-11-6-24(7-12-26)18-31(32,33)34/h4-7,9-12,16-17,19H,8,13-15,18H2,1-3H3. The van der Waals surface area contributed by atoms with E-state index in [0.717, 1.165) is 34.3 Å². The molecule has 1 amide bonds. The second-order valence-corrected chi connectivity index (χ2v) is 11.3. The summed E-state index contributed by atoms with van der Waals surface area (Å²) in [4.78, 5) is 23.7. The van der Waals surface area contributed by atoms with Gasteiger partial charge in [-0.05, 0) is 61.6 Å². The van der Waals surface area contributed by atoms with Crippen molar-refractivity contribution < 1.29 is 18.0 Å². The molecule has 1 fully saturated rings. The zero-order valence-electron chi connectivity index (χ0n) is 23.1. The van der Waals surface area contributed by atoms with E-state index in [1.165, 1.54) is 39.8 Å². The molecule has 0 atom stereocenters. The Balaban J connectivity index is 1.20. The third-order valence-corrected chi connectivity index (χ3v) is 7.80. The number of hydrogen-bond donors (Lipinski definition) is 0. The number of carbonyl (C=O) groups is 1. The number of hydrogen-bond acceptors (Lipinski definition) is 4. The number of anilines is 1. The molecule has 1 aromatic heterocycles. The van der Waals surface area contributed by atoms with Crippen LogP contribution in [0.3, 0.4) is 0 Å². The molecule has 0 N–H and O–H groups in total. The Kier molecular flexibility index (Phi) is 8.30. The Morgan fingerprint density at radius 1 is 0.976 bits per heavy atom. The minimum absolute atomic E-state index is 0.146. The maximum Gasteiger partial charge on any atom is 0.393 e. The highest BCUT2D eigenvalue weighted by Gasteiger charge is 2.27. The molecule has 212 valence electrons. The third-order valence-electron chi connectivity index (χ3n) is 6.84. The van der Waals surface area contributed by atoms with E-state index in [2.05, 4.69) is 52.9 Å². The van der Waals surface area contributed by atoms with Gasteiger partial charge in [-0.25, -0.2) is 9.67 Å². The largest absolute Gasteiger partial charge is 0.393 e. The van der Waals surface area contributed by atoms with Crippen molar-refractivity contribution >= 4 is 28.5 Å². The molecule has 0 bridgehead atoms. The van der Waals surface area contributed by atoms with Crippen molar-refractivity contribution in [1.29, 1.82) is 0 Å². The molecule has 0 unspecified atom stereocenters. The minimum atomic E-state index is -4.24. The number of thioether (sulfide) groups is 1. The number of rotatable bonds is 7. The molecular weight excluding hydrogens is 547 g/mol. The van der Waals surface area contributed by atoms with E-state index < -0.39 is 12.6 Å². The zero-order chi connectivity index (χ0) is 29.1. The van der Waals surface area contributed by atoms with Crippen molar-refractivity contribution in [3.63, 3.8) is 0 Å². The number of aliphatic imine (C=N–C) groups is 1. The summed E-state index contributed by atoms with van der Waals surface area (Å²) in [6, 6.07) is 18.1. The van der Waals surface area contributed by atoms with Crippen LogP contribution >= 0.6 is 11.8 Å². The molecule has 6 nitrogen and oxygen atoms in total. The number of amidine groups is 1. The molecule has 2 heterocycles. The molecule has 4 aromatic rings. The second kappa shape index (κ2) is 11.9. The maximum absolute atomic E-state index is 12.8. The first-order valence-corrected chi connectivity index (χ1v) is 14.3. The van der Waals surface area contributed by atoms with Crippen molar-refractivity contribution in [3.8, 4) is 17.1 Å². The van der Waals surface area contributed by atoms with Gasteiger partial charge in [0.1, 0.15) is 6.33 Å². The van der Waals surface area contributed by atoms with Gasteiger partial charge in [0.15, 0.2) is 11.0 Å². The molecule has 1 saturated heterocycles. The Labute approximate surface area is 241 Å². The molecule has 5 rings (SSSR count). The summed E-state index contributed by atoms with van der Waals surface area (Å²) in [7, 11) is 0. The highest BCUT2D eigenvalue weighted by molar-refractivity contribution is 8.14. The number of carbonyl (C=O) groups excluding carboxylic acids is 1. The fourth-order valence-corrected chi connectivity index (χ4v) is 6.01. The lowest BCUT2D eigenvalue weighted by Gasteiger charge is -2.23. The number of aryl methyl sites for hydroxylation is 4. The number of aromatic nitrogens is 3. The first kappa shape index (κ1) is 28.6. The number of amides is 1. The lowest BCUT2D eigenvalue weighted by atomic mass is 10.0. The first-order valence-electron chi connectivity index (χ1n) is 13.3. The fourth-order valence-electron chi connectivity index (χ4n) is 5.05.